The van der Waals surface area contributed by atoms with E-state index in [1.807, 2.05) is 25.1 Å². The van der Waals surface area contributed by atoms with E-state index in [-0.39, 0.29) is 18.9 Å². The third-order valence-corrected chi connectivity index (χ3v) is 4.34. The molecule has 0 spiro atoms. The lowest BCUT2D eigenvalue weighted by molar-refractivity contribution is -0.384. The van der Waals surface area contributed by atoms with Crippen molar-refractivity contribution >= 4 is 23.6 Å². The summed E-state index contributed by atoms with van der Waals surface area (Å²) < 4.78 is 16.9. The van der Waals surface area contributed by atoms with E-state index in [9.17, 15) is 14.9 Å². The lowest BCUT2D eigenvalue weighted by atomic mass is 10.2. The Morgan fingerprint density at radius 2 is 1.71 bits per heavy atom. The van der Waals surface area contributed by atoms with Crippen molar-refractivity contribution in [2.75, 3.05) is 25.1 Å². The SMILES string of the molecule is CCOc1cc(/C=N/NC(=O)Nc2ccccc2)ccc1OCCOc1ccc([N+](=O)[O-])cc1. The molecule has 0 bridgehead atoms. The number of carbonyl (C=O) groups is 1. The summed E-state index contributed by atoms with van der Waals surface area (Å²) in [6.07, 6.45) is 1.49. The Bertz CT molecular complexity index is 1120. The molecule has 0 fully saturated rings. The van der Waals surface area contributed by atoms with Crippen LogP contribution in [0.15, 0.2) is 77.9 Å². The number of hydrogen-bond donors (Lipinski definition) is 2. The fourth-order valence-corrected chi connectivity index (χ4v) is 2.81. The van der Waals surface area contributed by atoms with Gasteiger partial charge in [-0.25, -0.2) is 10.2 Å². The summed E-state index contributed by atoms with van der Waals surface area (Å²) >= 11 is 0. The number of hydrazone groups is 1. The summed E-state index contributed by atoms with van der Waals surface area (Å²) in [7, 11) is 0. The highest BCUT2D eigenvalue weighted by molar-refractivity contribution is 5.90. The molecule has 3 rings (SSSR count). The second kappa shape index (κ2) is 12.4. The molecule has 3 aromatic carbocycles. The van der Waals surface area contributed by atoms with Crippen molar-refractivity contribution in [3.05, 3.63) is 88.5 Å². The highest BCUT2D eigenvalue weighted by atomic mass is 16.6. The molecule has 0 aliphatic carbocycles. The summed E-state index contributed by atoms with van der Waals surface area (Å²) in [5.74, 6) is 1.56. The van der Waals surface area contributed by atoms with Gasteiger partial charge in [-0.3, -0.25) is 10.1 Å². The third-order valence-electron chi connectivity index (χ3n) is 4.34. The van der Waals surface area contributed by atoms with Gasteiger partial charge in [-0.1, -0.05) is 18.2 Å². The average Bonchev–Trinajstić information content (AvgIpc) is 2.84. The third kappa shape index (κ3) is 7.52. The van der Waals surface area contributed by atoms with E-state index in [2.05, 4.69) is 15.8 Å². The van der Waals surface area contributed by atoms with Crippen LogP contribution in [0.5, 0.6) is 17.2 Å². The van der Waals surface area contributed by atoms with E-state index >= 15 is 0 Å². The average molecular weight is 464 g/mol. The highest BCUT2D eigenvalue weighted by Crippen LogP contribution is 2.28. The number of nitro groups is 1. The van der Waals surface area contributed by atoms with Crippen molar-refractivity contribution in [1.29, 1.82) is 0 Å². The number of non-ortho nitro benzene ring substituents is 1. The number of para-hydroxylation sites is 1. The Hall–Kier alpha value is -4.60. The largest absolute Gasteiger partial charge is 0.490 e. The Balaban J connectivity index is 1.50. The minimum absolute atomic E-state index is 0.000564. The molecule has 2 N–H and O–H groups in total. The molecule has 0 aliphatic heterocycles. The number of nitro benzene ring substituents is 1. The monoisotopic (exact) mass is 464 g/mol. The van der Waals surface area contributed by atoms with Crippen molar-refractivity contribution in [2.24, 2.45) is 5.10 Å². The van der Waals surface area contributed by atoms with Crippen LogP contribution in [0.4, 0.5) is 16.2 Å². The maximum atomic E-state index is 11.9. The zero-order valence-electron chi connectivity index (χ0n) is 18.5. The first kappa shape index (κ1) is 24.1. The van der Waals surface area contributed by atoms with Gasteiger partial charge in [0.05, 0.1) is 17.7 Å². The maximum absolute atomic E-state index is 11.9. The Morgan fingerprint density at radius 3 is 2.41 bits per heavy atom. The van der Waals surface area contributed by atoms with E-state index in [1.54, 1.807) is 30.3 Å². The van der Waals surface area contributed by atoms with Gasteiger partial charge in [-0.15, -0.1) is 0 Å². The highest BCUT2D eigenvalue weighted by Gasteiger charge is 2.08. The number of anilines is 1. The normalized spacial score (nSPS) is 10.5. The van der Waals surface area contributed by atoms with Gasteiger partial charge in [0.2, 0.25) is 0 Å². The topological polar surface area (TPSA) is 124 Å². The summed E-state index contributed by atoms with van der Waals surface area (Å²) in [5.41, 5.74) is 3.77. The molecule has 0 radical (unpaired) electrons. The molecule has 0 heterocycles. The molecule has 10 heteroatoms. The molecule has 0 aliphatic rings. The second-order valence-corrected chi connectivity index (χ2v) is 6.78. The van der Waals surface area contributed by atoms with E-state index in [0.29, 0.717) is 35.1 Å². The van der Waals surface area contributed by atoms with Crippen LogP contribution in [0.2, 0.25) is 0 Å². The fraction of sp³-hybridized carbons (Fsp3) is 0.167. The van der Waals surface area contributed by atoms with Crippen molar-refractivity contribution in [2.45, 2.75) is 6.92 Å². The van der Waals surface area contributed by atoms with Gasteiger partial charge in [-0.05, 0) is 55.0 Å². The summed E-state index contributed by atoms with van der Waals surface area (Å²) in [6.45, 7) is 2.78. The molecule has 0 aromatic heterocycles. The zero-order chi connectivity index (χ0) is 24.2. The van der Waals surface area contributed by atoms with Crippen LogP contribution >= 0.6 is 0 Å². The summed E-state index contributed by atoms with van der Waals surface area (Å²) in [4.78, 5) is 22.1. The molecule has 2 amide bonds. The van der Waals surface area contributed by atoms with Crippen LogP contribution in [0.25, 0.3) is 0 Å². The first-order chi connectivity index (χ1) is 16.5. The van der Waals surface area contributed by atoms with Crippen LogP contribution in [-0.4, -0.2) is 37.0 Å². The van der Waals surface area contributed by atoms with Crippen LogP contribution in [0, 0.1) is 10.1 Å². The number of benzene rings is 3. The van der Waals surface area contributed by atoms with E-state index in [1.165, 1.54) is 30.5 Å². The molecular weight excluding hydrogens is 440 g/mol. The molecule has 0 saturated heterocycles. The van der Waals surface area contributed by atoms with Gasteiger partial charge in [0.1, 0.15) is 19.0 Å². The Kier molecular flexibility index (Phi) is 8.80. The van der Waals surface area contributed by atoms with Gasteiger partial charge >= 0.3 is 6.03 Å². The van der Waals surface area contributed by atoms with Gasteiger partial charge < -0.3 is 19.5 Å². The quantitative estimate of drug-likeness (QED) is 0.185. The van der Waals surface area contributed by atoms with E-state index in [4.69, 9.17) is 14.2 Å². The predicted molar refractivity (Wildman–Crippen MR) is 128 cm³/mol. The van der Waals surface area contributed by atoms with Gasteiger partial charge in [0.25, 0.3) is 5.69 Å². The number of carbonyl (C=O) groups excluding carboxylic acids is 1. The molecule has 34 heavy (non-hydrogen) atoms. The van der Waals surface area contributed by atoms with Gasteiger partial charge in [-0.2, -0.15) is 5.10 Å². The van der Waals surface area contributed by atoms with E-state index in [0.717, 1.165) is 0 Å². The van der Waals surface area contributed by atoms with Gasteiger partial charge in [0.15, 0.2) is 11.5 Å². The van der Waals surface area contributed by atoms with Crippen molar-refractivity contribution in [3.63, 3.8) is 0 Å². The summed E-state index contributed by atoms with van der Waals surface area (Å²) in [5, 5.41) is 17.3. The lowest BCUT2D eigenvalue weighted by Gasteiger charge is -2.13. The minimum atomic E-state index is -0.466. The molecule has 10 nitrogen and oxygen atoms in total. The van der Waals surface area contributed by atoms with Crippen molar-refractivity contribution in [1.82, 2.24) is 5.43 Å². The first-order valence-corrected chi connectivity index (χ1v) is 10.5. The van der Waals surface area contributed by atoms with Crippen LogP contribution < -0.4 is 25.0 Å². The Morgan fingerprint density at radius 1 is 0.971 bits per heavy atom. The molecule has 0 atom stereocenters. The standard InChI is InChI=1S/C24H24N4O6/c1-2-32-23-16-18(17-25-27-24(29)26-19-6-4-3-5-7-19)8-13-22(23)34-15-14-33-21-11-9-20(10-12-21)28(30)31/h3-13,16-17H,2,14-15H2,1H3,(H2,26,27,29)/b25-17+. The Labute approximate surface area is 196 Å². The summed E-state index contributed by atoms with van der Waals surface area (Å²) in [6, 6.07) is 19.7. The second-order valence-electron chi connectivity index (χ2n) is 6.78. The zero-order valence-corrected chi connectivity index (χ0v) is 18.5. The molecular formula is C24H24N4O6. The number of nitrogens with zero attached hydrogens (tertiary/aromatic N) is 2. The number of rotatable bonds is 11. The van der Waals surface area contributed by atoms with Crippen LogP contribution in [-0.2, 0) is 0 Å². The van der Waals surface area contributed by atoms with Crippen molar-refractivity contribution < 1.29 is 23.9 Å². The first-order valence-electron chi connectivity index (χ1n) is 10.5. The number of amides is 2. The minimum Gasteiger partial charge on any atom is -0.490 e. The molecule has 176 valence electrons. The number of urea groups is 1. The number of hydrogen-bond acceptors (Lipinski definition) is 7. The molecule has 0 unspecified atom stereocenters. The molecule has 3 aromatic rings. The van der Waals surface area contributed by atoms with Gasteiger partial charge in [0, 0.05) is 17.8 Å². The lowest BCUT2D eigenvalue weighted by Crippen LogP contribution is -2.24. The van der Waals surface area contributed by atoms with Crippen molar-refractivity contribution in [3.8, 4) is 17.2 Å². The number of ether oxygens (including phenoxy) is 3. The maximum Gasteiger partial charge on any atom is 0.339 e. The van der Waals surface area contributed by atoms with E-state index < -0.39 is 11.0 Å². The van der Waals surface area contributed by atoms with Crippen LogP contribution in [0.3, 0.4) is 0 Å². The molecule has 0 saturated carbocycles. The predicted octanol–water partition coefficient (Wildman–Crippen LogP) is 4.61. The smallest absolute Gasteiger partial charge is 0.339 e. The fourth-order valence-electron chi connectivity index (χ4n) is 2.81. The number of nitrogens with one attached hydrogen (secondary N) is 2. The van der Waals surface area contributed by atoms with Crippen LogP contribution in [0.1, 0.15) is 12.5 Å².